The van der Waals surface area contributed by atoms with Crippen molar-refractivity contribution in [3.05, 3.63) is 59.7 Å². The summed E-state index contributed by atoms with van der Waals surface area (Å²) in [6, 6.07) is 16.4. The number of ether oxygens (including phenoxy) is 1. The van der Waals surface area contributed by atoms with Gasteiger partial charge < -0.3 is 20.1 Å². The second-order valence-corrected chi connectivity index (χ2v) is 8.61. The first-order chi connectivity index (χ1) is 15.4. The van der Waals surface area contributed by atoms with Gasteiger partial charge >= 0.3 is 12.1 Å². The van der Waals surface area contributed by atoms with Crippen molar-refractivity contribution >= 4 is 18.0 Å². The number of nitrogens with one attached hydrogen (secondary N) is 1. The van der Waals surface area contributed by atoms with Crippen LogP contribution in [0.25, 0.3) is 11.1 Å². The lowest BCUT2D eigenvalue weighted by Crippen LogP contribution is -2.42. The molecule has 2 aliphatic carbocycles. The molecule has 1 fully saturated rings. The van der Waals surface area contributed by atoms with Crippen molar-refractivity contribution < 1.29 is 24.2 Å². The summed E-state index contributed by atoms with van der Waals surface area (Å²) >= 11 is 0. The van der Waals surface area contributed by atoms with Gasteiger partial charge in [0.15, 0.2) is 0 Å². The first-order valence-corrected chi connectivity index (χ1v) is 11.0. The molecule has 0 saturated heterocycles. The van der Waals surface area contributed by atoms with Crippen LogP contribution in [0.2, 0.25) is 0 Å². The summed E-state index contributed by atoms with van der Waals surface area (Å²) in [4.78, 5) is 36.9. The van der Waals surface area contributed by atoms with Crippen molar-refractivity contribution in [2.75, 3.05) is 20.2 Å². The van der Waals surface area contributed by atoms with Crippen molar-refractivity contribution in [1.29, 1.82) is 0 Å². The lowest BCUT2D eigenvalue weighted by Gasteiger charge is -2.30. The third-order valence-corrected chi connectivity index (χ3v) is 6.49. The smallest absolute Gasteiger partial charge is 0.407 e. The van der Waals surface area contributed by atoms with Gasteiger partial charge in [0.1, 0.15) is 13.2 Å². The van der Waals surface area contributed by atoms with Crippen molar-refractivity contribution in [2.24, 2.45) is 5.92 Å². The number of benzene rings is 2. The number of hydrogen-bond donors (Lipinski definition) is 2. The molecule has 0 atom stereocenters. The van der Waals surface area contributed by atoms with Gasteiger partial charge in [0, 0.05) is 24.9 Å². The summed E-state index contributed by atoms with van der Waals surface area (Å²) in [7, 11) is 1.51. The number of carboxylic acids is 1. The minimum atomic E-state index is -1.02. The lowest BCUT2D eigenvalue weighted by atomic mass is 9.85. The van der Waals surface area contributed by atoms with Crippen LogP contribution in [0.15, 0.2) is 48.5 Å². The first kappa shape index (κ1) is 21.9. The molecular weight excluding hydrogens is 408 g/mol. The largest absolute Gasteiger partial charge is 0.480 e. The average molecular weight is 437 g/mol. The van der Waals surface area contributed by atoms with E-state index in [0.29, 0.717) is 25.7 Å². The molecule has 32 heavy (non-hydrogen) atoms. The van der Waals surface area contributed by atoms with E-state index >= 15 is 0 Å². The molecule has 0 aliphatic heterocycles. The van der Waals surface area contributed by atoms with Crippen LogP contribution < -0.4 is 5.32 Å². The number of aliphatic carboxylic acids is 1. The van der Waals surface area contributed by atoms with E-state index in [1.165, 1.54) is 34.2 Å². The highest BCUT2D eigenvalue weighted by atomic mass is 16.5. The number of fused-ring (bicyclic) bond motifs is 3. The summed E-state index contributed by atoms with van der Waals surface area (Å²) in [6.45, 7) is -0.0234. The molecule has 2 N–H and O–H groups in total. The molecule has 2 aliphatic rings. The van der Waals surface area contributed by atoms with Gasteiger partial charge in [-0.2, -0.15) is 0 Å². The van der Waals surface area contributed by atoms with Gasteiger partial charge in [0.05, 0.1) is 0 Å². The molecule has 0 bridgehead atoms. The molecule has 2 aromatic carbocycles. The maximum absolute atomic E-state index is 12.5. The Bertz CT molecular complexity index is 967. The molecule has 2 amide bonds. The Morgan fingerprint density at radius 1 is 0.969 bits per heavy atom. The van der Waals surface area contributed by atoms with Gasteiger partial charge in [0.25, 0.3) is 0 Å². The highest BCUT2D eigenvalue weighted by Gasteiger charge is 2.31. The predicted molar refractivity (Wildman–Crippen MR) is 119 cm³/mol. The number of nitrogens with zero attached hydrogens (tertiary/aromatic N) is 1. The highest BCUT2D eigenvalue weighted by Crippen LogP contribution is 2.44. The third kappa shape index (κ3) is 4.61. The normalized spacial score (nSPS) is 19.5. The average Bonchev–Trinajstić information content (AvgIpc) is 3.11. The van der Waals surface area contributed by atoms with Crippen molar-refractivity contribution in [3.8, 4) is 11.1 Å². The van der Waals surface area contributed by atoms with E-state index in [9.17, 15) is 14.4 Å². The molecule has 0 radical (unpaired) electrons. The Kier molecular flexibility index (Phi) is 6.44. The molecule has 0 heterocycles. The fourth-order valence-electron chi connectivity index (χ4n) is 4.88. The van der Waals surface area contributed by atoms with Crippen molar-refractivity contribution in [2.45, 2.75) is 37.6 Å². The lowest BCUT2D eigenvalue weighted by molar-refractivity contribution is -0.145. The molecule has 0 unspecified atom stereocenters. The minimum Gasteiger partial charge on any atom is -0.480 e. The fourth-order valence-corrected chi connectivity index (χ4v) is 4.88. The number of carboxylic acid groups (broad SMARTS) is 1. The Labute approximate surface area is 187 Å². The second-order valence-electron chi connectivity index (χ2n) is 8.61. The molecule has 2 aromatic rings. The predicted octanol–water partition coefficient (Wildman–Crippen LogP) is 3.63. The molecule has 1 saturated carbocycles. The van der Waals surface area contributed by atoms with Gasteiger partial charge in [-0.3, -0.25) is 9.59 Å². The number of amides is 2. The van der Waals surface area contributed by atoms with E-state index in [4.69, 9.17) is 9.84 Å². The maximum Gasteiger partial charge on any atom is 0.407 e. The molecule has 7 heteroatoms. The number of rotatable bonds is 6. The number of carbonyl (C=O) groups excluding carboxylic acids is 2. The Morgan fingerprint density at radius 2 is 1.53 bits per heavy atom. The van der Waals surface area contributed by atoms with Crippen molar-refractivity contribution in [1.82, 2.24) is 10.2 Å². The number of carbonyl (C=O) groups is 3. The Balaban J connectivity index is 1.28. The van der Waals surface area contributed by atoms with Crippen LogP contribution >= 0.6 is 0 Å². The minimum absolute atomic E-state index is 0.0197. The number of hydrogen-bond acceptors (Lipinski definition) is 4. The zero-order chi connectivity index (χ0) is 22.7. The van der Waals surface area contributed by atoms with Crippen LogP contribution in [0.5, 0.6) is 0 Å². The topological polar surface area (TPSA) is 95.9 Å². The van der Waals surface area contributed by atoms with E-state index in [1.54, 1.807) is 0 Å². The van der Waals surface area contributed by atoms with E-state index in [-0.39, 0.29) is 36.9 Å². The van der Waals surface area contributed by atoms with Gasteiger partial charge in [0.2, 0.25) is 5.91 Å². The Hall–Kier alpha value is -3.35. The summed E-state index contributed by atoms with van der Waals surface area (Å²) in [5, 5.41) is 11.8. The zero-order valence-corrected chi connectivity index (χ0v) is 18.1. The molecular formula is C25H28N2O5. The molecule has 7 nitrogen and oxygen atoms in total. The van der Waals surface area contributed by atoms with E-state index in [2.05, 4.69) is 29.6 Å². The SMILES string of the molecule is CN(CC(=O)O)C(=O)C1CCC(NC(=O)OCC2c3ccccc3-c3ccccc32)CC1. The standard InChI is InChI=1S/C25H28N2O5/c1-27(14-23(28)29)24(30)16-10-12-17(13-11-16)26-25(31)32-15-22-20-8-4-2-6-18(20)19-7-3-5-9-21(19)22/h2-9,16-17,22H,10-15H2,1H3,(H,26,31)(H,28,29). The highest BCUT2D eigenvalue weighted by molar-refractivity contribution is 5.83. The van der Waals surface area contributed by atoms with Crippen LogP contribution in [-0.4, -0.2) is 54.2 Å². The van der Waals surface area contributed by atoms with Crippen LogP contribution in [-0.2, 0) is 14.3 Å². The monoisotopic (exact) mass is 436 g/mol. The molecule has 168 valence electrons. The van der Waals surface area contributed by atoms with Gasteiger partial charge in [-0.1, -0.05) is 48.5 Å². The van der Waals surface area contributed by atoms with Gasteiger partial charge in [-0.15, -0.1) is 0 Å². The second kappa shape index (κ2) is 9.42. The summed E-state index contributed by atoms with van der Waals surface area (Å²) < 4.78 is 5.61. The Morgan fingerprint density at radius 3 is 2.09 bits per heavy atom. The molecule has 0 spiro atoms. The van der Waals surface area contributed by atoms with Gasteiger partial charge in [-0.25, -0.2) is 4.79 Å². The van der Waals surface area contributed by atoms with Crippen LogP contribution in [0.3, 0.4) is 0 Å². The third-order valence-electron chi connectivity index (χ3n) is 6.49. The summed E-state index contributed by atoms with van der Waals surface area (Å²) in [5.74, 6) is -1.34. The van der Waals surface area contributed by atoms with Crippen LogP contribution in [0.4, 0.5) is 4.79 Å². The van der Waals surface area contributed by atoms with Crippen LogP contribution in [0, 0.1) is 5.92 Å². The van der Waals surface area contributed by atoms with Gasteiger partial charge in [-0.05, 0) is 47.9 Å². The fraction of sp³-hybridized carbons (Fsp3) is 0.400. The summed E-state index contributed by atoms with van der Waals surface area (Å²) in [6.07, 6.45) is 2.14. The first-order valence-electron chi connectivity index (χ1n) is 11.0. The maximum atomic E-state index is 12.5. The quantitative estimate of drug-likeness (QED) is 0.721. The number of alkyl carbamates (subject to hydrolysis) is 1. The molecule has 0 aromatic heterocycles. The zero-order valence-electron chi connectivity index (χ0n) is 18.1. The van der Waals surface area contributed by atoms with E-state index in [1.807, 2.05) is 24.3 Å². The van der Waals surface area contributed by atoms with Crippen molar-refractivity contribution in [3.63, 3.8) is 0 Å². The van der Waals surface area contributed by atoms with E-state index < -0.39 is 12.1 Å². The van der Waals surface area contributed by atoms with Crippen LogP contribution in [0.1, 0.15) is 42.7 Å². The number of likely N-dealkylation sites (N-methyl/N-ethyl adjacent to an activating group) is 1. The molecule has 4 rings (SSSR count). The summed E-state index contributed by atoms with van der Waals surface area (Å²) in [5.41, 5.74) is 4.72. The van der Waals surface area contributed by atoms with E-state index in [0.717, 1.165) is 0 Å².